The summed E-state index contributed by atoms with van der Waals surface area (Å²) in [5.74, 6) is 0. The number of aromatic nitrogens is 2. The summed E-state index contributed by atoms with van der Waals surface area (Å²) < 4.78 is 1.97. The Morgan fingerprint density at radius 2 is 2.41 bits per heavy atom. The third-order valence-corrected chi connectivity index (χ3v) is 3.72. The van der Waals surface area contributed by atoms with Crippen LogP contribution < -0.4 is 5.73 Å². The third kappa shape index (κ3) is 2.66. The van der Waals surface area contributed by atoms with Gasteiger partial charge in [-0.15, -0.1) is 0 Å². The second-order valence-electron chi connectivity index (χ2n) is 4.64. The Labute approximate surface area is 108 Å². The highest BCUT2D eigenvalue weighted by Gasteiger charge is 2.27. The lowest BCUT2D eigenvalue weighted by atomic mass is 10.2. The molecular formula is C12H20N4S. The second-order valence-corrected chi connectivity index (χ2v) is 5.11. The summed E-state index contributed by atoms with van der Waals surface area (Å²) in [4.78, 5) is 2.99. The Balaban J connectivity index is 2.09. The topological polar surface area (TPSA) is 47.1 Å². The molecule has 4 nitrogen and oxygen atoms in total. The molecule has 0 amide bonds. The van der Waals surface area contributed by atoms with Gasteiger partial charge < -0.3 is 5.73 Å². The molecule has 1 saturated heterocycles. The predicted octanol–water partition coefficient (Wildman–Crippen LogP) is 1.23. The van der Waals surface area contributed by atoms with Crippen LogP contribution in [0.1, 0.15) is 31.2 Å². The molecule has 2 rings (SSSR count). The van der Waals surface area contributed by atoms with Crippen LogP contribution in [0.15, 0.2) is 6.07 Å². The number of hydrogen-bond acceptors (Lipinski definition) is 3. The van der Waals surface area contributed by atoms with Crippen LogP contribution >= 0.6 is 12.2 Å². The molecule has 94 valence electrons. The SMILES string of the molecule is CCc1cc(CN2CCCC2C(N)=S)n(C)n1. The minimum Gasteiger partial charge on any atom is -0.392 e. The molecule has 0 bridgehead atoms. The van der Waals surface area contributed by atoms with Crippen molar-refractivity contribution in [2.45, 2.75) is 38.8 Å². The lowest BCUT2D eigenvalue weighted by Crippen LogP contribution is -2.39. The van der Waals surface area contributed by atoms with Gasteiger partial charge in [-0.2, -0.15) is 5.10 Å². The summed E-state index contributed by atoms with van der Waals surface area (Å²) in [6.45, 7) is 4.10. The highest BCUT2D eigenvalue weighted by molar-refractivity contribution is 7.80. The van der Waals surface area contributed by atoms with E-state index in [2.05, 4.69) is 23.0 Å². The van der Waals surface area contributed by atoms with Crippen LogP contribution in [-0.2, 0) is 20.0 Å². The fourth-order valence-corrected chi connectivity index (χ4v) is 2.70. The predicted molar refractivity (Wildman–Crippen MR) is 72.8 cm³/mol. The summed E-state index contributed by atoms with van der Waals surface area (Å²) in [5, 5.41) is 4.47. The number of rotatable bonds is 4. The molecular weight excluding hydrogens is 232 g/mol. The molecule has 0 aromatic carbocycles. The standard InChI is InChI=1S/C12H20N4S/c1-3-9-7-10(15(2)14-9)8-16-6-4-5-11(16)12(13)17/h7,11H,3-6,8H2,1-2H3,(H2,13,17). The van der Waals surface area contributed by atoms with Crippen molar-refractivity contribution in [3.05, 3.63) is 17.5 Å². The van der Waals surface area contributed by atoms with E-state index in [1.807, 2.05) is 11.7 Å². The van der Waals surface area contributed by atoms with Crippen molar-refractivity contribution < 1.29 is 0 Å². The molecule has 1 aliphatic rings. The highest BCUT2D eigenvalue weighted by atomic mass is 32.1. The molecule has 0 aliphatic carbocycles. The summed E-state index contributed by atoms with van der Waals surface area (Å²) in [6, 6.07) is 2.44. The highest BCUT2D eigenvalue weighted by Crippen LogP contribution is 2.20. The van der Waals surface area contributed by atoms with E-state index in [1.165, 1.54) is 12.1 Å². The molecule has 0 radical (unpaired) electrons. The van der Waals surface area contributed by atoms with Crippen molar-refractivity contribution >= 4 is 17.2 Å². The van der Waals surface area contributed by atoms with E-state index in [-0.39, 0.29) is 6.04 Å². The Kier molecular flexibility index (Phi) is 3.79. The normalized spacial score (nSPS) is 20.9. The van der Waals surface area contributed by atoms with Crippen LogP contribution in [0.5, 0.6) is 0 Å². The van der Waals surface area contributed by atoms with Gasteiger partial charge in [0, 0.05) is 13.6 Å². The smallest absolute Gasteiger partial charge is 0.0902 e. The first-order chi connectivity index (χ1) is 8.11. The number of likely N-dealkylation sites (tertiary alicyclic amines) is 1. The van der Waals surface area contributed by atoms with Gasteiger partial charge in [0.1, 0.15) is 0 Å². The van der Waals surface area contributed by atoms with E-state index in [0.717, 1.165) is 31.6 Å². The monoisotopic (exact) mass is 252 g/mol. The average Bonchev–Trinajstić information content (AvgIpc) is 2.87. The van der Waals surface area contributed by atoms with Crippen molar-refractivity contribution in [2.75, 3.05) is 6.54 Å². The van der Waals surface area contributed by atoms with E-state index in [9.17, 15) is 0 Å². The van der Waals surface area contributed by atoms with Gasteiger partial charge in [0.2, 0.25) is 0 Å². The van der Waals surface area contributed by atoms with E-state index < -0.39 is 0 Å². The summed E-state index contributed by atoms with van der Waals surface area (Å²) in [6.07, 6.45) is 3.25. The number of hydrogen-bond donors (Lipinski definition) is 1. The molecule has 0 saturated carbocycles. The van der Waals surface area contributed by atoms with E-state index >= 15 is 0 Å². The molecule has 1 unspecified atom stereocenters. The third-order valence-electron chi connectivity index (χ3n) is 3.45. The Bertz CT molecular complexity index is 413. The molecule has 5 heteroatoms. The molecule has 1 aromatic rings. The van der Waals surface area contributed by atoms with E-state index in [4.69, 9.17) is 18.0 Å². The van der Waals surface area contributed by atoms with Crippen molar-refractivity contribution in [3.8, 4) is 0 Å². The zero-order valence-electron chi connectivity index (χ0n) is 10.5. The van der Waals surface area contributed by atoms with Gasteiger partial charge in [0.05, 0.1) is 22.4 Å². The van der Waals surface area contributed by atoms with E-state index in [0.29, 0.717) is 4.99 Å². The first kappa shape index (κ1) is 12.5. The lowest BCUT2D eigenvalue weighted by Gasteiger charge is -2.23. The maximum absolute atomic E-state index is 5.78. The van der Waals surface area contributed by atoms with E-state index in [1.54, 1.807) is 0 Å². The van der Waals surface area contributed by atoms with Gasteiger partial charge in [-0.3, -0.25) is 9.58 Å². The van der Waals surface area contributed by atoms with Gasteiger partial charge in [0.25, 0.3) is 0 Å². The van der Waals surface area contributed by atoms with Crippen LogP contribution in [-0.4, -0.2) is 32.3 Å². The molecule has 17 heavy (non-hydrogen) atoms. The molecule has 1 aromatic heterocycles. The van der Waals surface area contributed by atoms with Gasteiger partial charge in [-0.1, -0.05) is 19.1 Å². The van der Waals surface area contributed by atoms with Gasteiger partial charge >= 0.3 is 0 Å². The molecule has 2 heterocycles. The minimum atomic E-state index is 0.268. The second kappa shape index (κ2) is 5.14. The minimum absolute atomic E-state index is 0.268. The maximum atomic E-state index is 5.78. The number of nitrogens with zero attached hydrogens (tertiary/aromatic N) is 3. The number of thiocarbonyl (C=S) groups is 1. The first-order valence-corrected chi connectivity index (χ1v) is 6.57. The van der Waals surface area contributed by atoms with Gasteiger partial charge in [-0.25, -0.2) is 0 Å². The largest absolute Gasteiger partial charge is 0.392 e. The quantitative estimate of drug-likeness (QED) is 0.819. The summed E-state index contributed by atoms with van der Waals surface area (Å²) in [5.41, 5.74) is 8.17. The van der Waals surface area contributed by atoms with Crippen LogP contribution in [0.2, 0.25) is 0 Å². The van der Waals surface area contributed by atoms with Crippen LogP contribution in [0.4, 0.5) is 0 Å². The Morgan fingerprint density at radius 1 is 1.65 bits per heavy atom. The van der Waals surface area contributed by atoms with Crippen LogP contribution in [0.3, 0.4) is 0 Å². The zero-order chi connectivity index (χ0) is 12.4. The first-order valence-electron chi connectivity index (χ1n) is 6.17. The van der Waals surface area contributed by atoms with Crippen molar-refractivity contribution in [1.29, 1.82) is 0 Å². The number of aryl methyl sites for hydroxylation is 2. The summed E-state index contributed by atoms with van der Waals surface area (Å²) >= 11 is 5.12. The number of nitrogens with two attached hydrogens (primary N) is 1. The molecule has 1 atom stereocenters. The van der Waals surface area contributed by atoms with Crippen molar-refractivity contribution in [3.63, 3.8) is 0 Å². The van der Waals surface area contributed by atoms with Gasteiger partial charge in [0.15, 0.2) is 0 Å². The van der Waals surface area contributed by atoms with Crippen LogP contribution in [0.25, 0.3) is 0 Å². The van der Waals surface area contributed by atoms with Gasteiger partial charge in [-0.05, 0) is 31.9 Å². The molecule has 1 aliphatic heterocycles. The molecule has 0 spiro atoms. The zero-order valence-corrected chi connectivity index (χ0v) is 11.3. The maximum Gasteiger partial charge on any atom is 0.0902 e. The van der Waals surface area contributed by atoms with Crippen molar-refractivity contribution in [2.24, 2.45) is 12.8 Å². The van der Waals surface area contributed by atoms with Crippen molar-refractivity contribution in [1.82, 2.24) is 14.7 Å². The fourth-order valence-electron chi connectivity index (χ4n) is 2.44. The lowest BCUT2D eigenvalue weighted by molar-refractivity contribution is 0.287. The average molecular weight is 252 g/mol. The Morgan fingerprint density at radius 3 is 3.00 bits per heavy atom. The van der Waals surface area contributed by atoms with Crippen LogP contribution in [0, 0.1) is 0 Å². The molecule has 2 N–H and O–H groups in total. The fraction of sp³-hybridized carbons (Fsp3) is 0.667. The molecule has 1 fully saturated rings. The summed E-state index contributed by atoms with van der Waals surface area (Å²) in [7, 11) is 2.00. The Hall–Kier alpha value is -0.940.